The van der Waals surface area contributed by atoms with Crippen molar-refractivity contribution in [1.82, 2.24) is 9.97 Å². The molecule has 7 aromatic rings. The first-order valence-electron chi connectivity index (χ1n) is 10.9. The monoisotopic (exact) mass is 442 g/mol. The van der Waals surface area contributed by atoms with Crippen LogP contribution in [0.2, 0.25) is 0 Å². The predicted octanol–water partition coefficient (Wildman–Crippen LogP) is 6.77. The molecule has 0 atom stereocenters. The first-order chi connectivity index (χ1) is 16.7. The number of hydrogen-bond acceptors (Lipinski definition) is 6. The quantitative estimate of drug-likeness (QED) is 0.306. The molecule has 7 rings (SSSR count). The molecule has 0 radical (unpaired) electrons. The van der Waals surface area contributed by atoms with Gasteiger partial charge in [0.05, 0.1) is 0 Å². The number of furan rings is 2. The van der Waals surface area contributed by atoms with Gasteiger partial charge in [-0.25, -0.2) is 9.97 Å². The largest absolute Gasteiger partial charge is 0.456 e. The molecular formula is C28H18N4O2. The van der Waals surface area contributed by atoms with E-state index in [4.69, 9.17) is 25.3 Å². The molecule has 3 aromatic heterocycles. The van der Waals surface area contributed by atoms with Crippen LogP contribution in [0.4, 0.5) is 11.5 Å². The van der Waals surface area contributed by atoms with Crippen LogP contribution in [0.1, 0.15) is 0 Å². The summed E-state index contributed by atoms with van der Waals surface area (Å²) in [5.74, 6) is 0.721. The summed E-state index contributed by atoms with van der Waals surface area (Å²) in [6.07, 6.45) is 0. The average Bonchev–Trinajstić information content (AvgIpc) is 3.44. The summed E-state index contributed by atoms with van der Waals surface area (Å²) >= 11 is 0. The van der Waals surface area contributed by atoms with Crippen molar-refractivity contribution in [2.24, 2.45) is 0 Å². The highest BCUT2D eigenvalue weighted by molar-refractivity contribution is 6.14. The lowest BCUT2D eigenvalue weighted by Gasteiger charge is -2.12. The fourth-order valence-corrected chi connectivity index (χ4v) is 4.75. The maximum absolute atomic E-state index is 6.45. The van der Waals surface area contributed by atoms with Gasteiger partial charge in [-0.15, -0.1) is 0 Å². The number of hydrogen-bond donors (Lipinski definition) is 2. The van der Waals surface area contributed by atoms with Crippen molar-refractivity contribution in [3.05, 3.63) is 84.9 Å². The lowest BCUT2D eigenvalue weighted by Crippen LogP contribution is -2.05. The molecule has 0 saturated heterocycles. The van der Waals surface area contributed by atoms with E-state index in [1.165, 1.54) is 0 Å². The van der Waals surface area contributed by atoms with Gasteiger partial charge in [-0.1, -0.05) is 60.7 Å². The minimum atomic E-state index is 0.231. The molecule has 4 aromatic carbocycles. The van der Waals surface area contributed by atoms with Crippen LogP contribution in [0.5, 0.6) is 0 Å². The van der Waals surface area contributed by atoms with E-state index in [9.17, 15) is 0 Å². The highest BCUT2D eigenvalue weighted by Gasteiger charge is 2.20. The molecule has 162 valence electrons. The van der Waals surface area contributed by atoms with Crippen LogP contribution in [0.3, 0.4) is 0 Å². The number of para-hydroxylation sites is 2. The van der Waals surface area contributed by atoms with Crippen LogP contribution in [0.15, 0.2) is 93.8 Å². The molecule has 6 nitrogen and oxygen atoms in total. The van der Waals surface area contributed by atoms with Gasteiger partial charge in [0.2, 0.25) is 0 Å². The molecule has 0 aliphatic heterocycles. The lowest BCUT2D eigenvalue weighted by molar-refractivity contribution is 0.668. The van der Waals surface area contributed by atoms with Crippen molar-refractivity contribution in [2.75, 3.05) is 11.5 Å². The maximum atomic E-state index is 6.45. The number of rotatable bonds is 2. The number of anilines is 2. The Morgan fingerprint density at radius 3 is 1.71 bits per heavy atom. The Balaban J connectivity index is 1.55. The van der Waals surface area contributed by atoms with Gasteiger partial charge in [-0.3, -0.25) is 0 Å². The average molecular weight is 442 g/mol. The van der Waals surface area contributed by atoms with Crippen molar-refractivity contribution in [3.8, 4) is 22.6 Å². The zero-order chi connectivity index (χ0) is 22.8. The third-order valence-corrected chi connectivity index (χ3v) is 6.28. The second kappa shape index (κ2) is 6.83. The summed E-state index contributed by atoms with van der Waals surface area (Å²) in [6, 6.07) is 27.6. The van der Waals surface area contributed by atoms with Crippen LogP contribution < -0.4 is 11.5 Å². The molecule has 3 heterocycles. The van der Waals surface area contributed by atoms with Crippen LogP contribution in [0.25, 0.3) is 66.5 Å². The minimum absolute atomic E-state index is 0.231. The summed E-state index contributed by atoms with van der Waals surface area (Å²) in [5, 5.41) is 3.88. The number of nitrogens with zero attached hydrogens (tertiary/aromatic N) is 2. The van der Waals surface area contributed by atoms with Crippen LogP contribution in [-0.4, -0.2) is 9.97 Å². The van der Waals surface area contributed by atoms with Crippen LogP contribution in [-0.2, 0) is 0 Å². The lowest BCUT2D eigenvalue weighted by atomic mass is 10.0. The topological polar surface area (TPSA) is 104 Å². The third-order valence-electron chi connectivity index (χ3n) is 6.28. The van der Waals surface area contributed by atoms with E-state index < -0.39 is 0 Å². The molecule has 0 fully saturated rings. The van der Waals surface area contributed by atoms with Crippen LogP contribution >= 0.6 is 0 Å². The van der Waals surface area contributed by atoms with Gasteiger partial charge in [-0.2, -0.15) is 0 Å². The number of aromatic nitrogens is 2. The molecule has 0 bridgehead atoms. The van der Waals surface area contributed by atoms with Gasteiger partial charge >= 0.3 is 0 Å². The fourth-order valence-electron chi connectivity index (χ4n) is 4.75. The second-order valence-corrected chi connectivity index (χ2v) is 8.25. The summed E-state index contributed by atoms with van der Waals surface area (Å²) < 4.78 is 12.1. The predicted molar refractivity (Wildman–Crippen MR) is 136 cm³/mol. The van der Waals surface area contributed by atoms with E-state index in [1.807, 2.05) is 84.9 Å². The Hall–Kier alpha value is -4.84. The van der Waals surface area contributed by atoms with Gasteiger partial charge in [0.15, 0.2) is 11.6 Å². The third kappa shape index (κ3) is 2.56. The highest BCUT2D eigenvalue weighted by atomic mass is 16.3. The first kappa shape index (κ1) is 18.7. The van der Waals surface area contributed by atoms with Gasteiger partial charge in [-0.05, 0) is 24.3 Å². The van der Waals surface area contributed by atoms with Gasteiger partial charge in [0.1, 0.15) is 33.7 Å². The van der Waals surface area contributed by atoms with E-state index in [0.29, 0.717) is 17.2 Å². The van der Waals surface area contributed by atoms with E-state index >= 15 is 0 Å². The number of nitrogens with two attached hydrogens (primary N) is 2. The van der Waals surface area contributed by atoms with Gasteiger partial charge in [0, 0.05) is 32.7 Å². The van der Waals surface area contributed by atoms with Crippen molar-refractivity contribution in [1.29, 1.82) is 0 Å². The van der Waals surface area contributed by atoms with E-state index in [0.717, 1.165) is 55.0 Å². The molecule has 0 aliphatic carbocycles. The summed E-state index contributed by atoms with van der Waals surface area (Å²) in [5.41, 5.74) is 18.5. The Bertz CT molecular complexity index is 1900. The smallest absolute Gasteiger partial charge is 0.163 e. The Kier molecular flexibility index (Phi) is 3.76. The van der Waals surface area contributed by atoms with E-state index in [-0.39, 0.29) is 5.82 Å². The van der Waals surface area contributed by atoms with Crippen molar-refractivity contribution >= 4 is 55.4 Å². The molecule has 0 spiro atoms. The van der Waals surface area contributed by atoms with Crippen molar-refractivity contribution in [3.63, 3.8) is 0 Å². The van der Waals surface area contributed by atoms with Crippen molar-refractivity contribution in [2.45, 2.75) is 0 Å². The molecule has 34 heavy (non-hydrogen) atoms. The summed E-state index contributed by atoms with van der Waals surface area (Å²) in [4.78, 5) is 9.52. The zero-order valence-electron chi connectivity index (χ0n) is 17.9. The Morgan fingerprint density at radius 1 is 0.529 bits per heavy atom. The highest BCUT2D eigenvalue weighted by Crippen LogP contribution is 2.41. The fraction of sp³-hybridized carbons (Fsp3) is 0. The standard InChI is InChI=1S/C28H18N4O2/c29-25-26(17-9-5-13-21-23(17)15-7-1-3-11-19(15)33-21)31-28(32-27(25)30)18-10-6-14-22-24(18)16-8-2-4-12-20(16)34-22/h1-14H,29H2,(H2,30,31,32). The molecule has 0 aliphatic rings. The number of fused-ring (bicyclic) bond motifs is 6. The molecular weight excluding hydrogens is 424 g/mol. The maximum Gasteiger partial charge on any atom is 0.163 e. The molecule has 0 amide bonds. The first-order valence-corrected chi connectivity index (χ1v) is 10.9. The van der Waals surface area contributed by atoms with Crippen molar-refractivity contribution < 1.29 is 8.83 Å². The molecule has 6 heteroatoms. The summed E-state index contributed by atoms with van der Waals surface area (Å²) in [6.45, 7) is 0. The normalized spacial score (nSPS) is 11.8. The van der Waals surface area contributed by atoms with E-state index in [2.05, 4.69) is 4.98 Å². The molecule has 0 unspecified atom stereocenters. The Morgan fingerprint density at radius 2 is 1.06 bits per heavy atom. The number of nitrogen functional groups attached to an aromatic ring is 2. The molecule has 0 saturated carbocycles. The van der Waals surface area contributed by atoms with Gasteiger partial charge in [0.25, 0.3) is 0 Å². The van der Waals surface area contributed by atoms with Crippen LogP contribution in [0, 0.1) is 0 Å². The second-order valence-electron chi connectivity index (χ2n) is 8.25. The zero-order valence-corrected chi connectivity index (χ0v) is 17.9. The molecule has 4 N–H and O–H groups in total. The SMILES string of the molecule is Nc1nc(-c2cccc3oc4ccccc4c23)nc(-c2cccc3oc4ccccc4c23)c1N. The Labute approximate surface area is 193 Å². The minimum Gasteiger partial charge on any atom is -0.456 e. The van der Waals surface area contributed by atoms with Gasteiger partial charge < -0.3 is 20.3 Å². The summed E-state index contributed by atoms with van der Waals surface area (Å²) in [7, 11) is 0. The number of benzene rings is 4. The van der Waals surface area contributed by atoms with E-state index in [1.54, 1.807) is 0 Å².